The summed E-state index contributed by atoms with van der Waals surface area (Å²) in [6.07, 6.45) is 3.17. The van der Waals surface area contributed by atoms with E-state index in [-0.39, 0.29) is 6.03 Å². The molecule has 2 amide bonds. The number of piperidine rings is 1. The molecule has 2 fully saturated rings. The lowest BCUT2D eigenvalue weighted by Gasteiger charge is -2.40. The molecule has 3 heterocycles. The molecule has 1 aromatic rings. The number of amides is 2. The van der Waals surface area contributed by atoms with Crippen LogP contribution in [-0.4, -0.2) is 61.3 Å². The predicted molar refractivity (Wildman–Crippen MR) is 90.5 cm³/mol. The molecular weight excluding hydrogens is 306 g/mol. The minimum Gasteiger partial charge on any atom is -0.486 e. The van der Waals surface area contributed by atoms with Crippen LogP contribution in [0.25, 0.3) is 0 Å². The summed E-state index contributed by atoms with van der Waals surface area (Å²) in [7, 11) is 0. The fourth-order valence-corrected chi connectivity index (χ4v) is 3.83. The van der Waals surface area contributed by atoms with E-state index in [1.165, 1.54) is 5.56 Å². The molecule has 1 N–H and O–H groups in total. The summed E-state index contributed by atoms with van der Waals surface area (Å²) >= 11 is 0. The summed E-state index contributed by atoms with van der Waals surface area (Å²) in [5.41, 5.74) is 1.26. The fourth-order valence-electron chi connectivity index (χ4n) is 3.83. The van der Waals surface area contributed by atoms with Gasteiger partial charge in [-0.15, -0.1) is 0 Å². The highest BCUT2D eigenvalue weighted by molar-refractivity contribution is 5.75. The van der Waals surface area contributed by atoms with E-state index in [2.05, 4.69) is 22.3 Å². The Morgan fingerprint density at radius 2 is 1.88 bits per heavy atom. The molecule has 0 aromatic heterocycles. The van der Waals surface area contributed by atoms with E-state index in [0.717, 1.165) is 63.5 Å². The van der Waals surface area contributed by atoms with Crippen molar-refractivity contribution < 1.29 is 14.3 Å². The van der Waals surface area contributed by atoms with Crippen molar-refractivity contribution in [3.63, 3.8) is 0 Å². The van der Waals surface area contributed by atoms with Gasteiger partial charge in [0.2, 0.25) is 0 Å². The zero-order valence-electron chi connectivity index (χ0n) is 14.0. The SMILES string of the molecule is O=C1NCCCN1C1CCN(Cc2ccc3c(c2)OCCO3)CC1. The molecule has 1 aromatic carbocycles. The molecule has 130 valence electrons. The third-order valence-corrected chi connectivity index (χ3v) is 5.12. The first-order chi connectivity index (χ1) is 11.8. The van der Waals surface area contributed by atoms with Crippen molar-refractivity contribution in [3.05, 3.63) is 23.8 Å². The topological polar surface area (TPSA) is 54.0 Å². The Labute approximate surface area is 142 Å². The van der Waals surface area contributed by atoms with Gasteiger partial charge in [-0.2, -0.15) is 0 Å². The van der Waals surface area contributed by atoms with Crippen LogP contribution < -0.4 is 14.8 Å². The second-order valence-electron chi connectivity index (χ2n) is 6.76. The summed E-state index contributed by atoms with van der Waals surface area (Å²) in [5.74, 6) is 1.71. The van der Waals surface area contributed by atoms with Crippen molar-refractivity contribution in [3.8, 4) is 11.5 Å². The molecule has 0 aliphatic carbocycles. The number of urea groups is 1. The Hall–Kier alpha value is -1.95. The third kappa shape index (κ3) is 3.29. The van der Waals surface area contributed by atoms with Crippen LogP contribution in [0.4, 0.5) is 4.79 Å². The van der Waals surface area contributed by atoms with Gasteiger partial charge in [0.1, 0.15) is 13.2 Å². The minimum absolute atomic E-state index is 0.117. The van der Waals surface area contributed by atoms with Crippen molar-refractivity contribution in [2.24, 2.45) is 0 Å². The normalized spacial score (nSPS) is 22.3. The summed E-state index contributed by atoms with van der Waals surface area (Å²) in [6.45, 7) is 5.96. The molecule has 0 spiro atoms. The number of carbonyl (C=O) groups is 1. The number of fused-ring (bicyclic) bond motifs is 1. The molecule has 3 aliphatic heterocycles. The Kier molecular flexibility index (Phi) is 4.47. The van der Waals surface area contributed by atoms with Gasteiger partial charge in [0.05, 0.1) is 0 Å². The maximum Gasteiger partial charge on any atom is 0.317 e. The van der Waals surface area contributed by atoms with E-state index < -0.39 is 0 Å². The van der Waals surface area contributed by atoms with Gasteiger partial charge in [-0.3, -0.25) is 4.90 Å². The van der Waals surface area contributed by atoms with E-state index in [0.29, 0.717) is 19.3 Å². The zero-order valence-corrected chi connectivity index (χ0v) is 14.0. The smallest absolute Gasteiger partial charge is 0.317 e. The first-order valence-corrected chi connectivity index (χ1v) is 8.95. The second-order valence-corrected chi connectivity index (χ2v) is 6.76. The average molecular weight is 331 g/mol. The number of benzene rings is 1. The summed E-state index contributed by atoms with van der Waals surface area (Å²) in [6, 6.07) is 6.73. The van der Waals surface area contributed by atoms with E-state index in [4.69, 9.17) is 9.47 Å². The summed E-state index contributed by atoms with van der Waals surface area (Å²) in [5, 5.41) is 2.96. The Morgan fingerprint density at radius 1 is 1.08 bits per heavy atom. The third-order valence-electron chi connectivity index (χ3n) is 5.12. The van der Waals surface area contributed by atoms with E-state index in [1.807, 2.05) is 11.0 Å². The fraction of sp³-hybridized carbons (Fsp3) is 0.611. The van der Waals surface area contributed by atoms with Gasteiger partial charge in [-0.1, -0.05) is 6.07 Å². The quantitative estimate of drug-likeness (QED) is 0.918. The van der Waals surface area contributed by atoms with Gasteiger partial charge in [0, 0.05) is 38.8 Å². The van der Waals surface area contributed by atoms with Crippen LogP contribution in [0.1, 0.15) is 24.8 Å². The lowest BCUT2D eigenvalue weighted by Crippen LogP contribution is -2.54. The molecule has 0 radical (unpaired) electrons. The maximum absolute atomic E-state index is 12.0. The standard InChI is InChI=1S/C18H25N3O3/c22-18-19-6-1-7-21(18)15-4-8-20(9-5-15)13-14-2-3-16-17(12-14)24-11-10-23-16/h2-3,12,15H,1,4-11,13H2,(H,19,22). The van der Waals surface area contributed by atoms with Crippen molar-refractivity contribution in [2.45, 2.75) is 31.8 Å². The van der Waals surface area contributed by atoms with Gasteiger partial charge in [-0.25, -0.2) is 4.79 Å². The number of hydrogen-bond donors (Lipinski definition) is 1. The van der Waals surface area contributed by atoms with Gasteiger partial charge in [0.15, 0.2) is 11.5 Å². The summed E-state index contributed by atoms with van der Waals surface area (Å²) < 4.78 is 11.2. The molecular formula is C18H25N3O3. The highest BCUT2D eigenvalue weighted by atomic mass is 16.6. The van der Waals surface area contributed by atoms with Gasteiger partial charge in [0.25, 0.3) is 0 Å². The van der Waals surface area contributed by atoms with Gasteiger partial charge < -0.3 is 19.7 Å². The molecule has 3 aliphatic rings. The van der Waals surface area contributed by atoms with Crippen molar-refractivity contribution >= 4 is 6.03 Å². The van der Waals surface area contributed by atoms with Gasteiger partial charge >= 0.3 is 6.03 Å². The number of nitrogens with one attached hydrogen (secondary N) is 1. The largest absolute Gasteiger partial charge is 0.486 e. The molecule has 0 atom stereocenters. The summed E-state index contributed by atoms with van der Waals surface area (Å²) in [4.78, 5) is 16.5. The average Bonchev–Trinajstić information content (AvgIpc) is 2.63. The molecule has 0 unspecified atom stereocenters. The second kappa shape index (κ2) is 6.89. The molecule has 6 heteroatoms. The minimum atomic E-state index is 0.117. The van der Waals surface area contributed by atoms with Gasteiger partial charge in [-0.05, 0) is 37.0 Å². The number of ether oxygens (including phenoxy) is 2. The monoisotopic (exact) mass is 331 g/mol. The van der Waals surface area contributed by atoms with E-state index >= 15 is 0 Å². The highest BCUT2D eigenvalue weighted by Gasteiger charge is 2.29. The van der Waals surface area contributed by atoms with Crippen LogP contribution in [0.2, 0.25) is 0 Å². The lowest BCUT2D eigenvalue weighted by atomic mass is 10.0. The predicted octanol–water partition coefficient (Wildman–Crippen LogP) is 1.84. The first-order valence-electron chi connectivity index (χ1n) is 8.95. The Balaban J connectivity index is 1.32. The molecule has 24 heavy (non-hydrogen) atoms. The van der Waals surface area contributed by atoms with Crippen LogP contribution in [0.15, 0.2) is 18.2 Å². The maximum atomic E-state index is 12.0. The van der Waals surface area contributed by atoms with Crippen LogP contribution in [0, 0.1) is 0 Å². The van der Waals surface area contributed by atoms with Crippen LogP contribution in [0.3, 0.4) is 0 Å². The van der Waals surface area contributed by atoms with Crippen LogP contribution in [-0.2, 0) is 6.54 Å². The number of carbonyl (C=O) groups excluding carboxylic acids is 1. The molecule has 2 saturated heterocycles. The number of nitrogens with zero attached hydrogens (tertiary/aromatic N) is 2. The van der Waals surface area contributed by atoms with Crippen molar-refractivity contribution in [1.82, 2.24) is 15.1 Å². The number of hydrogen-bond acceptors (Lipinski definition) is 4. The highest BCUT2D eigenvalue weighted by Crippen LogP contribution is 2.31. The zero-order chi connectivity index (χ0) is 16.4. The molecule has 0 saturated carbocycles. The van der Waals surface area contributed by atoms with Crippen LogP contribution >= 0.6 is 0 Å². The first kappa shape index (κ1) is 15.6. The molecule has 0 bridgehead atoms. The Bertz CT molecular complexity index is 599. The molecule has 6 nitrogen and oxygen atoms in total. The van der Waals surface area contributed by atoms with E-state index in [1.54, 1.807) is 0 Å². The molecule has 4 rings (SSSR count). The Morgan fingerprint density at radius 3 is 2.67 bits per heavy atom. The van der Waals surface area contributed by atoms with E-state index in [9.17, 15) is 4.79 Å². The van der Waals surface area contributed by atoms with Crippen LogP contribution in [0.5, 0.6) is 11.5 Å². The van der Waals surface area contributed by atoms with Crippen molar-refractivity contribution in [2.75, 3.05) is 39.4 Å². The van der Waals surface area contributed by atoms with Crippen molar-refractivity contribution in [1.29, 1.82) is 0 Å². The lowest BCUT2D eigenvalue weighted by molar-refractivity contribution is 0.109. The number of rotatable bonds is 3. The number of likely N-dealkylation sites (tertiary alicyclic amines) is 1.